The van der Waals surface area contributed by atoms with Gasteiger partial charge in [-0.25, -0.2) is 10.4 Å². The zero-order chi connectivity index (χ0) is 15.6. The summed E-state index contributed by atoms with van der Waals surface area (Å²) in [5.74, 6) is 1.44. The summed E-state index contributed by atoms with van der Waals surface area (Å²) in [7, 11) is 1.66. The molecule has 4 aromatic rings. The summed E-state index contributed by atoms with van der Waals surface area (Å²) in [5.41, 5.74) is 6.81. The first kappa shape index (κ1) is 13.4. The van der Waals surface area contributed by atoms with Crippen molar-refractivity contribution in [1.82, 2.24) is 15.0 Å². The smallest absolute Gasteiger partial charge is 0.222 e. The second-order valence-electron chi connectivity index (χ2n) is 5.13. The van der Waals surface area contributed by atoms with E-state index in [1.54, 1.807) is 13.3 Å². The van der Waals surface area contributed by atoms with Crippen LogP contribution in [0.5, 0.6) is 5.75 Å². The average Bonchev–Trinajstić information content (AvgIpc) is 3.18. The summed E-state index contributed by atoms with van der Waals surface area (Å²) in [6.45, 7) is 0. The molecule has 2 heterocycles. The number of benzene rings is 2. The zero-order valence-corrected chi connectivity index (χ0v) is 12.5. The summed E-state index contributed by atoms with van der Waals surface area (Å²) in [5, 5.41) is 5.34. The van der Waals surface area contributed by atoms with Crippen LogP contribution in [0.3, 0.4) is 0 Å². The first-order valence-corrected chi connectivity index (χ1v) is 7.22. The molecular formula is C17H15N5O. The van der Waals surface area contributed by atoms with Crippen molar-refractivity contribution in [2.45, 2.75) is 0 Å². The molecule has 114 valence electrons. The van der Waals surface area contributed by atoms with Crippen LogP contribution in [0.15, 0.2) is 53.8 Å². The van der Waals surface area contributed by atoms with E-state index in [2.05, 4.69) is 25.5 Å². The molecule has 0 fully saturated rings. The van der Waals surface area contributed by atoms with Crippen LogP contribution in [-0.2, 0) is 0 Å². The Labute approximate surface area is 132 Å². The standard InChI is InChI=1S/C17H15N5O/c1-23-12-6-7-13-11(9-18-16(13)8-12)10-19-22-17-20-14-4-2-3-5-15(14)21-17/h2-10,18H,1H3,(H2,20,21,22). The molecule has 0 spiro atoms. The maximum absolute atomic E-state index is 5.22. The first-order chi connectivity index (χ1) is 11.3. The second kappa shape index (κ2) is 5.49. The molecule has 0 aliphatic carbocycles. The molecule has 0 amide bonds. The van der Waals surface area contributed by atoms with E-state index < -0.39 is 0 Å². The van der Waals surface area contributed by atoms with Crippen LogP contribution in [0.1, 0.15) is 5.56 Å². The molecule has 4 rings (SSSR count). The van der Waals surface area contributed by atoms with Gasteiger partial charge in [0.15, 0.2) is 0 Å². The number of nitrogens with one attached hydrogen (secondary N) is 3. The Morgan fingerprint density at radius 3 is 2.96 bits per heavy atom. The lowest BCUT2D eigenvalue weighted by molar-refractivity contribution is 0.415. The van der Waals surface area contributed by atoms with Crippen LogP contribution in [0.4, 0.5) is 5.95 Å². The van der Waals surface area contributed by atoms with E-state index in [0.717, 1.165) is 33.2 Å². The van der Waals surface area contributed by atoms with E-state index in [1.165, 1.54) is 0 Å². The van der Waals surface area contributed by atoms with E-state index in [9.17, 15) is 0 Å². The lowest BCUT2D eigenvalue weighted by Gasteiger charge is -1.99. The van der Waals surface area contributed by atoms with Crippen LogP contribution >= 0.6 is 0 Å². The zero-order valence-electron chi connectivity index (χ0n) is 12.5. The van der Waals surface area contributed by atoms with Crippen LogP contribution in [0.2, 0.25) is 0 Å². The quantitative estimate of drug-likeness (QED) is 0.399. The number of hydrazone groups is 1. The summed E-state index contributed by atoms with van der Waals surface area (Å²) in [4.78, 5) is 10.8. The fraction of sp³-hybridized carbons (Fsp3) is 0.0588. The van der Waals surface area contributed by atoms with Gasteiger partial charge in [0.25, 0.3) is 0 Å². The van der Waals surface area contributed by atoms with Gasteiger partial charge in [0.2, 0.25) is 5.95 Å². The van der Waals surface area contributed by atoms with E-state index in [1.807, 2.05) is 48.7 Å². The molecule has 0 saturated carbocycles. The van der Waals surface area contributed by atoms with Crippen molar-refractivity contribution >= 4 is 34.1 Å². The molecule has 0 atom stereocenters. The van der Waals surface area contributed by atoms with Crippen molar-refractivity contribution in [3.63, 3.8) is 0 Å². The van der Waals surface area contributed by atoms with Crippen LogP contribution in [0.25, 0.3) is 21.9 Å². The molecule has 3 N–H and O–H groups in total. The third-order valence-electron chi connectivity index (χ3n) is 3.68. The van der Waals surface area contributed by atoms with Crippen molar-refractivity contribution < 1.29 is 4.74 Å². The number of aromatic nitrogens is 3. The van der Waals surface area contributed by atoms with E-state index in [-0.39, 0.29) is 0 Å². The molecule has 0 radical (unpaired) electrons. The highest BCUT2D eigenvalue weighted by molar-refractivity contribution is 5.99. The number of nitrogens with zero attached hydrogens (tertiary/aromatic N) is 2. The van der Waals surface area contributed by atoms with Crippen LogP contribution in [-0.4, -0.2) is 28.3 Å². The lowest BCUT2D eigenvalue weighted by atomic mass is 10.2. The van der Waals surface area contributed by atoms with Crippen molar-refractivity contribution in [3.8, 4) is 5.75 Å². The van der Waals surface area contributed by atoms with Gasteiger partial charge in [0.05, 0.1) is 24.4 Å². The number of methoxy groups -OCH3 is 1. The number of aromatic amines is 2. The Hall–Kier alpha value is -3.28. The largest absolute Gasteiger partial charge is 0.497 e. The van der Waals surface area contributed by atoms with Gasteiger partial charge in [-0.2, -0.15) is 5.10 Å². The monoisotopic (exact) mass is 305 g/mol. The fourth-order valence-electron chi connectivity index (χ4n) is 2.53. The Morgan fingerprint density at radius 2 is 2.09 bits per heavy atom. The minimum atomic E-state index is 0.615. The number of para-hydroxylation sites is 2. The van der Waals surface area contributed by atoms with Gasteiger partial charge in [-0.1, -0.05) is 12.1 Å². The number of anilines is 1. The topological polar surface area (TPSA) is 78.1 Å². The van der Waals surface area contributed by atoms with Crippen LogP contribution in [0, 0.1) is 0 Å². The number of hydrogen-bond acceptors (Lipinski definition) is 4. The molecular weight excluding hydrogens is 290 g/mol. The third-order valence-corrected chi connectivity index (χ3v) is 3.68. The highest BCUT2D eigenvalue weighted by atomic mass is 16.5. The van der Waals surface area contributed by atoms with Crippen LogP contribution < -0.4 is 10.2 Å². The summed E-state index contributed by atoms with van der Waals surface area (Å²) >= 11 is 0. The van der Waals surface area contributed by atoms with E-state index >= 15 is 0 Å². The molecule has 0 unspecified atom stereocenters. The maximum atomic E-state index is 5.22. The highest BCUT2D eigenvalue weighted by Gasteiger charge is 2.03. The van der Waals surface area contributed by atoms with E-state index in [0.29, 0.717) is 5.95 Å². The first-order valence-electron chi connectivity index (χ1n) is 7.22. The Bertz CT molecular complexity index is 965. The number of fused-ring (bicyclic) bond motifs is 2. The number of rotatable bonds is 4. The molecule has 0 bridgehead atoms. The summed E-state index contributed by atoms with van der Waals surface area (Å²) < 4.78 is 5.22. The van der Waals surface area contributed by atoms with Gasteiger partial charge in [0, 0.05) is 28.7 Å². The van der Waals surface area contributed by atoms with E-state index in [4.69, 9.17) is 4.74 Å². The molecule has 6 nitrogen and oxygen atoms in total. The SMILES string of the molecule is COc1ccc2c(C=NNc3nc4ccccc4[nH]3)c[nH]c2c1. The Balaban J connectivity index is 1.56. The van der Waals surface area contributed by atoms with Crippen molar-refractivity contribution in [2.24, 2.45) is 5.10 Å². The molecule has 23 heavy (non-hydrogen) atoms. The molecule has 0 aliphatic rings. The molecule has 0 aliphatic heterocycles. The number of hydrogen-bond donors (Lipinski definition) is 3. The Kier molecular flexibility index (Phi) is 3.20. The molecule has 0 saturated heterocycles. The summed E-state index contributed by atoms with van der Waals surface area (Å²) in [6, 6.07) is 13.7. The predicted octanol–water partition coefficient (Wildman–Crippen LogP) is 3.50. The second-order valence-corrected chi connectivity index (χ2v) is 5.13. The average molecular weight is 305 g/mol. The van der Waals surface area contributed by atoms with Crippen molar-refractivity contribution in [3.05, 3.63) is 54.2 Å². The van der Waals surface area contributed by atoms with Gasteiger partial charge < -0.3 is 14.7 Å². The van der Waals surface area contributed by atoms with Gasteiger partial charge in [0.1, 0.15) is 5.75 Å². The van der Waals surface area contributed by atoms with Gasteiger partial charge in [-0.15, -0.1) is 0 Å². The fourth-order valence-corrected chi connectivity index (χ4v) is 2.53. The van der Waals surface area contributed by atoms with Gasteiger partial charge >= 0.3 is 0 Å². The number of H-pyrrole nitrogens is 2. The minimum Gasteiger partial charge on any atom is -0.497 e. The van der Waals surface area contributed by atoms with Crippen molar-refractivity contribution in [2.75, 3.05) is 12.5 Å². The van der Waals surface area contributed by atoms with Gasteiger partial charge in [-0.05, 0) is 24.3 Å². The predicted molar refractivity (Wildman–Crippen MR) is 92.2 cm³/mol. The highest BCUT2D eigenvalue weighted by Crippen LogP contribution is 2.22. The molecule has 6 heteroatoms. The normalized spacial score (nSPS) is 11.5. The summed E-state index contributed by atoms with van der Waals surface area (Å²) in [6.07, 6.45) is 3.67. The lowest BCUT2D eigenvalue weighted by Crippen LogP contribution is -1.91. The maximum Gasteiger partial charge on any atom is 0.222 e. The number of imidazole rings is 1. The third kappa shape index (κ3) is 2.50. The molecule has 2 aromatic heterocycles. The van der Waals surface area contributed by atoms with Crippen molar-refractivity contribution in [1.29, 1.82) is 0 Å². The van der Waals surface area contributed by atoms with Gasteiger partial charge in [-0.3, -0.25) is 0 Å². The Morgan fingerprint density at radius 1 is 1.17 bits per heavy atom. The number of ether oxygens (including phenoxy) is 1. The molecule has 2 aromatic carbocycles. The minimum absolute atomic E-state index is 0.615.